The van der Waals surface area contributed by atoms with E-state index in [1.165, 1.54) is 0 Å². The Hall–Kier alpha value is -0.940. The van der Waals surface area contributed by atoms with Gasteiger partial charge >= 0.3 is 0 Å². The monoisotopic (exact) mass is 213 g/mol. The predicted octanol–water partition coefficient (Wildman–Crippen LogP) is 0.805. The number of rotatable bonds is 4. The minimum atomic E-state index is -0.670. The van der Waals surface area contributed by atoms with Crippen LogP contribution in [0.5, 0.6) is 0 Å². The third-order valence-electron chi connectivity index (χ3n) is 2.15. The van der Waals surface area contributed by atoms with Crippen LogP contribution in [0.4, 0.5) is 0 Å². The fourth-order valence-corrected chi connectivity index (χ4v) is 1.60. The van der Waals surface area contributed by atoms with Gasteiger partial charge in [-0.1, -0.05) is 0 Å². The fraction of sp³-hybridized carbons (Fsp3) is 0.556. The van der Waals surface area contributed by atoms with Crippen LogP contribution >= 0.6 is 11.3 Å². The van der Waals surface area contributed by atoms with E-state index in [0.29, 0.717) is 6.54 Å². The van der Waals surface area contributed by atoms with Gasteiger partial charge in [-0.2, -0.15) is 0 Å². The topological polar surface area (TPSA) is 68.0 Å². The molecule has 0 saturated carbocycles. The number of nitrogens with one attached hydrogen (secondary N) is 1. The van der Waals surface area contributed by atoms with Gasteiger partial charge in [-0.3, -0.25) is 10.1 Å². The number of nitrogens with zero attached hydrogens (tertiary/aromatic N) is 1. The summed E-state index contributed by atoms with van der Waals surface area (Å²) in [4.78, 5) is 16.3. The van der Waals surface area contributed by atoms with Gasteiger partial charge in [0.15, 0.2) is 0 Å². The Kier molecular flexibility index (Phi) is 3.23. The number of amides is 1. The maximum Gasteiger partial charge on any atom is 0.237 e. The average molecular weight is 213 g/mol. The lowest BCUT2D eigenvalue weighted by atomic mass is 10.1. The average Bonchev–Trinajstić information content (AvgIpc) is 2.47. The summed E-state index contributed by atoms with van der Waals surface area (Å²) >= 11 is 1.58. The fourth-order valence-electron chi connectivity index (χ4n) is 0.884. The first kappa shape index (κ1) is 11.1. The lowest BCUT2D eigenvalue weighted by Gasteiger charge is -2.21. The van der Waals surface area contributed by atoms with Gasteiger partial charge in [0.2, 0.25) is 5.91 Å². The molecule has 14 heavy (non-hydrogen) atoms. The zero-order valence-electron chi connectivity index (χ0n) is 8.63. The van der Waals surface area contributed by atoms with Gasteiger partial charge in [-0.15, -0.1) is 11.3 Å². The van der Waals surface area contributed by atoms with Gasteiger partial charge in [0.1, 0.15) is 0 Å². The second-order valence-electron chi connectivity index (χ2n) is 3.70. The second kappa shape index (κ2) is 4.06. The van der Waals surface area contributed by atoms with E-state index in [0.717, 1.165) is 10.6 Å². The smallest absolute Gasteiger partial charge is 0.237 e. The van der Waals surface area contributed by atoms with E-state index >= 15 is 0 Å². The van der Waals surface area contributed by atoms with Crippen molar-refractivity contribution in [3.63, 3.8) is 0 Å². The third-order valence-corrected chi connectivity index (χ3v) is 3.09. The quantitative estimate of drug-likeness (QED) is 0.777. The SMILES string of the molecule is Cc1ncsc1CNC(C)(C)C(N)=O. The van der Waals surface area contributed by atoms with Gasteiger partial charge in [0, 0.05) is 11.4 Å². The van der Waals surface area contributed by atoms with Gasteiger partial charge in [0.05, 0.1) is 16.7 Å². The molecule has 0 aromatic carbocycles. The number of hydrogen-bond acceptors (Lipinski definition) is 4. The van der Waals surface area contributed by atoms with E-state index < -0.39 is 5.54 Å². The van der Waals surface area contributed by atoms with Crippen molar-refractivity contribution in [1.82, 2.24) is 10.3 Å². The molecule has 1 amide bonds. The number of carbonyl (C=O) groups is 1. The molecule has 4 nitrogen and oxygen atoms in total. The van der Waals surface area contributed by atoms with Gasteiger partial charge in [-0.25, -0.2) is 4.98 Å². The van der Waals surface area contributed by atoms with E-state index in [9.17, 15) is 4.79 Å². The summed E-state index contributed by atoms with van der Waals surface area (Å²) in [7, 11) is 0. The Morgan fingerprint density at radius 1 is 1.71 bits per heavy atom. The number of aromatic nitrogens is 1. The van der Waals surface area contributed by atoms with Crippen molar-refractivity contribution >= 4 is 17.2 Å². The lowest BCUT2D eigenvalue weighted by molar-refractivity contribution is -0.123. The van der Waals surface area contributed by atoms with Crippen LogP contribution < -0.4 is 11.1 Å². The van der Waals surface area contributed by atoms with E-state index in [-0.39, 0.29) is 5.91 Å². The first-order chi connectivity index (χ1) is 6.43. The van der Waals surface area contributed by atoms with E-state index in [1.807, 2.05) is 6.92 Å². The van der Waals surface area contributed by atoms with Crippen LogP contribution in [0.2, 0.25) is 0 Å². The highest BCUT2D eigenvalue weighted by atomic mass is 32.1. The van der Waals surface area contributed by atoms with Gasteiger partial charge < -0.3 is 5.73 Å². The Balaban J connectivity index is 2.57. The molecule has 1 heterocycles. The van der Waals surface area contributed by atoms with Crippen molar-refractivity contribution < 1.29 is 4.79 Å². The molecule has 3 N–H and O–H groups in total. The maximum atomic E-state index is 11.0. The van der Waals surface area contributed by atoms with Crippen LogP contribution in [-0.4, -0.2) is 16.4 Å². The Morgan fingerprint density at radius 3 is 2.79 bits per heavy atom. The van der Waals surface area contributed by atoms with E-state index in [4.69, 9.17) is 5.73 Å². The number of primary amides is 1. The molecule has 0 aliphatic carbocycles. The molecule has 0 radical (unpaired) electrons. The van der Waals surface area contributed by atoms with Crippen LogP contribution in [0, 0.1) is 6.92 Å². The van der Waals surface area contributed by atoms with E-state index in [1.54, 1.807) is 30.7 Å². The molecule has 0 saturated heterocycles. The number of carbonyl (C=O) groups excluding carboxylic acids is 1. The minimum Gasteiger partial charge on any atom is -0.368 e. The summed E-state index contributed by atoms with van der Waals surface area (Å²) in [6.45, 7) is 6.12. The standard InChI is InChI=1S/C9H15N3OS/c1-6-7(14-5-11-6)4-12-9(2,3)8(10)13/h5,12H,4H2,1-3H3,(H2,10,13). The van der Waals surface area contributed by atoms with Gasteiger partial charge in [-0.05, 0) is 20.8 Å². The molecule has 78 valence electrons. The van der Waals surface area contributed by atoms with Crippen LogP contribution in [0.25, 0.3) is 0 Å². The first-order valence-electron chi connectivity index (χ1n) is 4.37. The Labute approximate surface area is 87.5 Å². The Bertz CT molecular complexity index is 333. The summed E-state index contributed by atoms with van der Waals surface area (Å²) in [5, 5.41) is 3.10. The molecular formula is C9H15N3OS. The number of nitrogens with two attached hydrogens (primary N) is 1. The Morgan fingerprint density at radius 2 is 2.36 bits per heavy atom. The summed E-state index contributed by atoms with van der Waals surface area (Å²) < 4.78 is 0. The normalized spacial score (nSPS) is 11.6. The largest absolute Gasteiger partial charge is 0.368 e. The van der Waals surface area contributed by atoms with E-state index in [2.05, 4.69) is 10.3 Å². The number of aryl methyl sites for hydroxylation is 1. The first-order valence-corrected chi connectivity index (χ1v) is 5.25. The van der Waals surface area contributed by atoms with Crippen LogP contribution in [0.1, 0.15) is 24.4 Å². The van der Waals surface area contributed by atoms with Crippen LogP contribution in [-0.2, 0) is 11.3 Å². The summed E-state index contributed by atoms with van der Waals surface area (Å²) in [6.07, 6.45) is 0. The second-order valence-corrected chi connectivity index (χ2v) is 4.64. The van der Waals surface area contributed by atoms with Crippen molar-refractivity contribution in [3.8, 4) is 0 Å². The molecular weight excluding hydrogens is 198 g/mol. The molecule has 0 aliphatic heterocycles. The highest BCUT2D eigenvalue weighted by Gasteiger charge is 2.24. The molecule has 0 bridgehead atoms. The molecule has 1 rings (SSSR count). The molecule has 0 spiro atoms. The molecule has 0 aliphatic rings. The van der Waals surface area contributed by atoms with Crippen molar-refractivity contribution in [2.45, 2.75) is 32.9 Å². The van der Waals surface area contributed by atoms with Crippen molar-refractivity contribution in [2.24, 2.45) is 5.73 Å². The lowest BCUT2D eigenvalue weighted by Crippen LogP contribution is -2.50. The van der Waals surface area contributed by atoms with Crippen LogP contribution in [0.15, 0.2) is 5.51 Å². The van der Waals surface area contributed by atoms with Crippen molar-refractivity contribution in [3.05, 3.63) is 16.1 Å². The predicted molar refractivity (Wildman–Crippen MR) is 57.0 cm³/mol. The van der Waals surface area contributed by atoms with Crippen molar-refractivity contribution in [2.75, 3.05) is 0 Å². The number of thiazole rings is 1. The van der Waals surface area contributed by atoms with Crippen LogP contribution in [0.3, 0.4) is 0 Å². The summed E-state index contributed by atoms with van der Waals surface area (Å²) in [5.41, 5.74) is 7.36. The molecule has 5 heteroatoms. The maximum absolute atomic E-state index is 11.0. The molecule has 0 atom stereocenters. The molecule has 0 unspecified atom stereocenters. The highest BCUT2D eigenvalue weighted by Crippen LogP contribution is 2.13. The zero-order chi connectivity index (χ0) is 10.8. The third kappa shape index (κ3) is 2.52. The number of hydrogen-bond donors (Lipinski definition) is 2. The molecule has 1 aromatic heterocycles. The highest BCUT2D eigenvalue weighted by molar-refractivity contribution is 7.09. The van der Waals surface area contributed by atoms with Crippen molar-refractivity contribution in [1.29, 1.82) is 0 Å². The summed E-state index contributed by atoms with van der Waals surface area (Å²) in [5.74, 6) is -0.348. The van der Waals surface area contributed by atoms with Gasteiger partial charge in [0.25, 0.3) is 0 Å². The molecule has 0 fully saturated rings. The summed E-state index contributed by atoms with van der Waals surface area (Å²) in [6, 6.07) is 0. The zero-order valence-corrected chi connectivity index (χ0v) is 9.44. The minimum absolute atomic E-state index is 0.348. The molecule has 1 aromatic rings.